The van der Waals surface area contributed by atoms with Gasteiger partial charge in [-0.2, -0.15) is 0 Å². The molecule has 2 aromatic carbocycles. The van der Waals surface area contributed by atoms with Gasteiger partial charge in [-0.3, -0.25) is 14.4 Å². The smallest absolute Gasteiger partial charge is 0.257 e. The van der Waals surface area contributed by atoms with Crippen molar-refractivity contribution in [2.75, 3.05) is 12.0 Å². The lowest BCUT2D eigenvalue weighted by molar-refractivity contribution is -0.122. The molecule has 0 saturated carbocycles. The van der Waals surface area contributed by atoms with Gasteiger partial charge in [-0.1, -0.05) is 0 Å². The molecule has 0 spiro atoms. The van der Waals surface area contributed by atoms with Crippen LogP contribution in [-0.4, -0.2) is 35.8 Å². The molecule has 0 bridgehead atoms. The first-order valence-electron chi connectivity index (χ1n) is 9.57. The molecule has 3 amide bonds. The molecule has 7 nitrogen and oxygen atoms in total. The van der Waals surface area contributed by atoms with E-state index in [1.165, 1.54) is 42.5 Å². The molecule has 4 rings (SSSR count). The fourth-order valence-corrected chi connectivity index (χ4v) is 3.51. The van der Waals surface area contributed by atoms with E-state index in [-0.39, 0.29) is 18.7 Å². The second-order valence-electron chi connectivity index (χ2n) is 7.00. The number of benzene rings is 2. The van der Waals surface area contributed by atoms with Crippen LogP contribution >= 0.6 is 0 Å². The Hall–Kier alpha value is -3.94. The van der Waals surface area contributed by atoms with Gasteiger partial charge < -0.3 is 14.1 Å². The Morgan fingerprint density at radius 1 is 1.13 bits per heavy atom. The van der Waals surface area contributed by atoms with E-state index in [0.717, 1.165) is 4.90 Å². The summed E-state index contributed by atoms with van der Waals surface area (Å²) in [6, 6.07) is 13.9. The minimum absolute atomic E-state index is 0.0127. The van der Waals surface area contributed by atoms with Gasteiger partial charge in [-0.25, -0.2) is 9.29 Å². The van der Waals surface area contributed by atoms with Crippen molar-refractivity contribution in [3.8, 4) is 5.75 Å². The number of furan rings is 1. The zero-order valence-electron chi connectivity index (χ0n) is 16.7. The first-order valence-corrected chi connectivity index (χ1v) is 9.57. The lowest BCUT2D eigenvalue weighted by Gasteiger charge is -2.27. The van der Waals surface area contributed by atoms with Crippen molar-refractivity contribution in [2.24, 2.45) is 0 Å². The summed E-state index contributed by atoms with van der Waals surface area (Å²) < 4.78 is 23.8. The second kappa shape index (κ2) is 8.43. The second-order valence-corrected chi connectivity index (χ2v) is 7.00. The van der Waals surface area contributed by atoms with Crippen molar-refractivity contribution >= 4 is 23.4 Å². The third-order valence-electron chi connectivity index (χ3n) is 5.09. The highest BCUT2D eigenvalue weighted by Gasteiger charge is 2.44. The number of ether oxygens (including phenoxy) is 1. The Balaban J connectivity index is 1.66. The lowest BCUT2D eigenvalue weighted by atomic mass is 10.1. The van der Waals surface area contributed by atoms with Gasteiger partial charge in [-0.15, -0.1) is 0 Å². The number of carbonyl (C=O) groups is 3. The van der Waals surface area contributed by atoms with Gasteiger partial charge in [0.05, 0.1) is 32.0 Å². The average molecular weight is 422 g/mol. The fraction of sp³-hybridized carbons (Fsp3) is 0.174. The van der Waals surface area contributed by atoms with E-state index in [2.05, 4.69) is 0 Å². The van der Waals surface area contributed by atoms with Gasteiger partial charge in [-0.05, 0) is 60.7 Å². The number of carbonyl (C=O) groups excluding carboxylic acids is 3. The molecule has 0 aliphatic carbocycles. The molecule has 1 saturated heterocycles. The minimum Gasteiger partial charge on any atom is -0.497 e. The highest BCUT2D eigenvalue weighted by molar-refractivity contribution is 6.23. The van der Waals surface area contributed by atoms with Crippen molar-refractivity contribution in [1.82, 2.24) is 4.90 Å². The van der Waals surface area contributed by atoms with Crippen LogP contribution in [0.5, 0.6) is 5.75 Å². The highest BCUT2D eigenvalue weighted by atomic mass is 19.1. The molecule has 31 heavy (non-hydrogen) atoms. The van der Waals surface area contributed by atoms with Crippen molar-refractivity contribution < 1.29 is 27.9 Å². The monoisotopic (exact) mass is 422 g/mol. The molecule has 0 radical (unpaired) electrons. The Morgan fingerprint density at radius 2 is 1.84 bits per heavy atom. The molecule has 2 heterocycles. The summed E-state index contributed by atoms with van der Waals surface area (Å²) in [5, 5.41) is 0. The summed E-state index contributed by atoms with van der Waals surface area (Å²) in [6.07, 6.45) is 1.29. The first-order chi connectivity index (χ1) is 15.0. The summed E-state index contributed by atoms with van der Waals surface area (Å²) in [5.41, 5.74) is 0.599. The summed E-state index contributed by atoms with van der Waals surface area (Å²) >= 11 is 0. The van der Waals surface area contributed by atoms with Crippen LogP contribution < -0.4 is 9.64 Å². The van der Waals surface area contributed by atoms with Crippen LogP contribution in [0, 0.1) is 5.82 Å². The number of imide groups is 1. The SMILES string of the molecule is COc1ccc(C(=O)N(Cc2ccco2)C2CC(=O)N(c3ccc(F)cc3)C2=O)cc1. The lowest BCUT2D eigenvalue weighted by Crippen LogP contribution is -2.45. The molecule has 1 fully saturated rings. The molecule has 8 heteroatoms. The van der Waals surface area contributed by atoms with E-state index in [4.69, 9.17) is 9.15 Å². The minimum atomic E-state index is -1.02. The van der Waals surface area contributed by atoms with Crippen LogP contribution in [0.4, 0.5) is 10.1 Å². The van der Waals surface area contributed by atoms with Gasteiger partial charge >= 0.3 is 0 Å². The van der Waals surface area contributed by atoms with E-state index in [1.807, 2.05) is 0 Å². The predicted octanol–water partition coefficient (Wildman–Crippen LogP) is 3.40. The number of amides is 3. The molecule has 1 unspecified atom stereocenters. The topological polar surface area (TPSA) is 80.1 Å². The molecule has 3 aromatic rings. The molecule has 1 aliphatic rings. The maximum Gasteiger partial charge on any atom is 0.257 e. The average Bonchev–Trinajstić information content (AvgIpc) is 3.40. The summed E-state index contributed by atoms with van der Waals surface area (Å²) in [7, 11) is 1.52. The third-order valence-corrected chi connectivity index (χ3v) is 5.09. The van der Waals surface area contributed by atoms with E-state index >= 15 is 0 Å². The van der Waals surface area contributed by atoms with Gasteiger partial charge in [0, 0.05) is 5.56 Å². The Labute approximate surface area is 177 Å². The fourth-order valence-electron chi connectivity index (χ4n) is 3.51. The molecular formula is C23H19FN2O5. The maximum atomic E-state index is 13.3. The number of halogens is 1. The zero-order chi connectivity index (χ0) is 22.0. The van der Waals surface area contributed by atoms with Gasteiger partial charge in [0.25, 0.3) is 11.8 Å². The predicted molar refractivity (Wildman–Crippen MR) is 109 cm³/mol. The number of nitrogens with zero attached hydrogens (tertiary/aromatic N) is 2. The van der Waals surface area contributed by atoms with Crippen LogP contribution in [0.2, 0.25) is 0 Å². The van der Waals surface area contributed by atoms with Gasteiger partial charge in [0.2, 0.25) is 5.91 Å². The number of anilines is 1. The largest absolute Gasteiger partial charge is 0.497 e. The van der Waals surface area contributed by atoms with Crippen LogP contribution in [0.3, 0.4) is 0 Å². The van der Waals surface area contributed by atoms with Gasteiger partial charge in [0.1, 0.15) is 23.4 Å². The van der Waals surface area contributed by atoms with Crippen LogP contribution in [-0.2, 0) is 16.1 Å². The summed E-state index contributed by atoms with van der Waals surface area (Å²) in [5.74, 6) is -0.857. The molecular weight excluding hydrogens is 403 g/mol. The Kier molecular flexibility index (Phi) is 5.53. The number of rotatable bonds is 6. The maximum absolute atomic E-state index is 13.3. The molecule has 0 N–H and O–H groups in total. The molecule has 1 aromatic heterocycles. The number of hydrogen-bond donors (Lipinski definition) is 0. The van der Waals surface area contributed by atoms with E-state index in [9.17, 15) is 18.8 Å². The first kappa shape index (κ1) is 20.3. The standard InChI is InChI=1S/C23H19FN2O5/c1-30-18-10-4-15(5-11-18)22(28)25(14-19-3-2-12-31-19)20-13-21(27)26(23(20)29)17-8-6-16(24)7-9-17/h2-12,20H,13-14H2,1H3. The Bertz CT molecular complexity index is 1090. The number of methoxy groups -OCH3 is 1. The molecule has 1 aliphatic heterocycles. The van der Waals surface area contributed by atoms with E-state index in [0.29, 0.717) is 17.1 Å². The third kappa shape index (κ3) is 4.05. The Morgan fingerprint density at radius 3 is 2.45 bits per heavy atom. The summed E-state index contributed by atoms with van der Waals surface area (Å²) in [6.45, 7) is 0.0127. The van der Waals surface area contributed by atoms with Crippen LogP contribution in [0.15, 0.2) is 71.3 Å². The summed E-state index contributed by atoms with van der Waals surface area (Å²) in [4.78, 5) is 41.5. The number of hydrogen-bond acceptors (Lipinski definition) is 5. The van der Waals surface area contributed by atoms with Crippen molar-refractivity contribution in [3.63, 3.8) is 0 Å². The normalized spacial score (nSPS) is 15.9. The van der Waals surface area contributed by atoms with E-state index in [1.54, 1.807) is 36.4 Å². The van der Waals surface area contributed by atoms with Crippen molar-refractivity contribution in [3.05, 3.63) is 84.1 Å². The van der Waals surface area contributed by atoms with Gasteiger partial charge in [0.15, 0.2) is 0 Å². The van der Waals surface area contributed by atoms with E-state index < -0.39 is 29.6 Å². The van der Waals surface area contributed by atoms with Crippen LogP contribution in [0.1, 0.15) is 22.5 Å². The zero-order valence-corrected chi connectivity index (χ0v) is 16.7. The van der Waals surface area contributed by atoms with Crippen molar-refractivity contribution in [2.45, 2.75) is 19.0 Å². The van der Waals surface area contributed by atoms with Crippen molar-refractivity contribution in [1.29, 1.82) is 0 Å². The highest BCUT2D eigenvalue weighted by Crippen LogP contribution is 2.28. The quantitative estimate of drug-likeness (QED) is 0.569. The van der Waals surface area contributed by atoms with Crippen LogP contribution in [0.25, 0.3) is 0 Å². The molecule has 1 atom stereocenters. The molecule has 158 valence electrons.